The molecule has 1 aromatic heterocycles. The van der Waals surface area contributed by atoms with E-state index in [-0.39, 0.29) is 11.7 Å². The van der Waals surface area contributed by atoms with E-state index in [0.29, 0.717) is 24.5 Å². The third-order valence-electron chi connectivity index (χ3n) is 3.37. The molecule has 0 N–H and O–H groups in total. The lowest BCUT2D eigenvalue weighted by Crippen LogP contribution is -2.34. The largest absolute Gasteiger partial charge is 0.308 e. The third-order valence-corrected chi connectivity index (χ3v) is 3.59. The molecule has 0 fully saturated rings. The fraction of sp³-hybridized carbons (Fsp3) is 0.200. The van der Waals surface area contributed by atoms with Crippen LogP contribution >= 0.6 is 11.6 Å². The molecule has 0 spiro atoms. The van der Waals surface area contributed by atoms with Crippen LogP contribution in [0.4, 0.5) is 10.1 Å². The zero-order chi connectivity index (χ0) is 14.1. The van der Waals surface area contributed by atoms with E-state index in [2.05, 4.69) is 4.98 Å². The van der Waals surface area contributed by atoms with Gasteiger partial charge in [0.05, 0.1) is 6.54 Å². The number of anilines is 1. The van der Waals surface area contributed by atoms with Gasteiger partial charge in [-0.15, -0.1) is 0 Å². The summed E-state index contributed by atoms with van der Waals surface area (Å²) in [6, 6.07) is 8.06. The van der Waals surface area contributed by atoms with Crippen LogP contribution in [0.2, 0.25) is 5.15 Å². The summed E-state index contributed by atoms with van der Waals surface area (Å²) in [4.78, 5) is 17.8. The Bertz CT molecular complexity index is 657. The van der Waals surface area contributed by atoms with Crippen LogP contribution in [0.5, 0.6) is 0 Å². The lowest BCUT2D eigenvalue weighted by Gasteiger charge is -2.29. The quantitative estimate of drug-likeness (QED) is 0.795. The van der Waals surface area contributed by atoms with Crippen LogP contribution in [0.25, 0.3) is 0 Å². The molecule has 1 aromatic carbocycles. The number of rotatable bonds is 2. The summed E-state index contributed by atoms with van der Waals surface area (Å²) in [5.74, 6) is -0.231. The number of hydrogen-bond donors (Lipinski definition) is 0. The van der Waals surface area contributed by atoms with Gasteiger partial charge in [-0.2, -0.15) is 0 Å². The van der Waals surface area contributed by atoms with Crippen LogP contribution < -0.4 is 4.90 Å². The molecule has 0 atom stereocenters. The number of aromatic nitrogens is 1. The fourth-order valence-electron chi connectivity index (χ4n) is 2.38. The number of aryl methyl sites for hydroxylation is 1. The maximum Gasteiger partial charge on any atom is 0.227 e. The summed E-state index contributed by atoms with van der Waals surface area (Å²) in [7, 11) is 0. The summed E-state index contributed by atoms with van der Waals surface area (Å²) >= 11 is 5.75. The van der Waals surface area contributed by atoms with Gasteiger partial charge >= 0.3 is 0 Å². The number of amides is 1. The second-order valence-corrected chi connectivity index (χ2v) is 5.13. The summed E-state index contributed by atoms with van der Waals surface area (Å²) in [6.45, 7) is 0.418. The van der Waals surface area contributed by atoms with Crippen LogP contribution in [0, 0.1) is 5.82 Å². The smallest absolute Gasteiger partial charge is 0.227 e. The van der Waals surface area contributed by atoms with E-state index < -0.39 is 0 Å². The Morgan fingerprint density at radius 3 is 2.85 bits per heavy atom. The minimum Gasteiger partial charge on any atom is -0.308 e. The molecule has 0 radical (unpaired) electrons. The zero-order valence-electron chi connectivity index (χ0n) is 10.6. The maximum absolute atomic E-state index is 13.3. The van der Waals surface area contributed by atoms with Crippen molar-refractivity contribution in [3.05, 3.63) is 58.6 Å². The maximum atomic E-state index is 13.3. The van der Waals surface area contributed by atoms with E-state index in [4.69, 9.17) is 11.6 Å². The first kappa shape index (κ1) is 13.1. The van der Waals surface area contributed by atoms with Crippen molar-refractivity contribution in [1.29, 1.82) is 0 Å². The molecule has 20 heavy (non-hydrogen) atoms. The van der Waals surface area contributed by atoms with E-state index in [1.54, 1.807) is 23.2 Å². The zero-order valence-corrected chi connectivity index (χ0v) is 11.4. The fourth-order valence-corrected chi connectivity index (χ4v) is 2.50. The van der Waals surface area contributed by atoms with Crippen LogP contribution in [0.3, 0.4) is 0 Å². The Labute approximate surface area is 121 Å². The van der Waals surface area contributed by atoms with Crippen LogP contribution in [0.1, 0.15) is 17.5 Å². The second-order valence-electron chi connectivity index (χ2n) is 4.74. The molecule has 0 unspecified atom stereocenters. The van der Waals surface area contributed by atoms with E-state index >= 15 is 0 Å². The second kappa shape index (κ2) is 5.21. The highest BCUT2D eigenvalue weighted by Crippen LogP contribution is 2.29. The Morgan fingerprint density at radius 2 is 2.10 bits per heavy atom. The van der Waals surface area contributed by atoms with Crippen LogP contribution in [-0.2, 0) is 17.8 Å². The van der Waals surface area contributed by atoms with Crippen molar-refractivity contribution in [1.82, 2.24) is 4.98 Å². The minimum absolute atomic E-state index is 0.0408. The Kier molecular flexibility index (Phi) is 3.40. The van der Waals surface area contributed by atoms with E-state index in [9.17, 15) is 9.18 Å². The molecule has 1 amide bonds. The van der Waals surface area contributed by atoms with Crippen molar-refractivity contribution >= 4 is 23.2 Å². The summed E-state index contributed by atoms with van der Waals surface area (Å²) in [6.07, 6.45) is 2.63. The van der Waals surface area contributed by atoms with Crippen LogP contribution in [-0.4, -0.2) is 10.9 Å². The number of nitrogens with zero attached hydrogens (tertiary/aromatic N) is 2. The number of carbonyl (C=O) groups is 1. The normalized spacial score (nSPS) is 14.3. The number of halogens is 2. The van der Waals surface area contributed by atoms with Crippen molar-refractivity contribution in [3.8, 4) is 0 Å². The highest BCUT2D eigenvalue weighted by Gasteiger charge is 2.24. The molecule has 102 valence electrons. The molecule has 2 heterocycles. The summed E-state index contributed by atoms with van der Waals surface area (Å²) in [5.41, 5.74) is 2.53. The molecule has 1 aliphatic heterocycles. The average molecular weight is 291 g/mol. The van der Waals surface area contributed by atoms with Crippen molar-refractivity contribution in [2.75, 3.05) is 4.90 Å². The topological polar surface area (TPSA) is 33.2 Å². The molecule has 0 saturated heterocycles. The predicted molar refractivity (Wildman–Crippen MR) is 75.2 cm³/mol. The van der Waals surface area contributed by atoms with Gasteiger partial charge in [0.25, 0.3) is 0 Å². The highest BCUT2D eigenvalue weighted by molar-refractivity contribution is 6.29. The molecule has 5 heteroatoms. The molecule has 2 aromatic rings. The van der Waals surface area contributed by atoms with Crippen LogP contribution in [0.15, 0.2) is 36.5 Å². The first-order valence-corrected chi connectivity index (χ1v) is 6.70. The Balaban J connectivity index is 1.93. The molecule has 0 bridgehead atoms. The van der Waals surface area contributed by atoms with Gasteiger partial charge in [-0.3, -0.25) is 4.79 Å². The highest BCUT2D eigenvalue weighted by atomic mass is 35.5. The lowest BCUT2D eigenvalue weighted by molar-refractivity contribution is -0.119. The third kappa shape index (κ3) is 2.51. The molecular formula is C15H12ClFN2O. The van der Waals surface area contributed by atoms with Gasteiger partial charge in [0.2, 0.25) is 5.91 Å². The molecule has 0 aliphatic carbocycles. The number of pyridine rings is 1. The van der Waals surface area contributed by atoms with Crippen molar-refractivity contribution in [3.63, 3.8) is 0 Å². The minimum atomic E-state index is -0.272. The van der Waals surface area contributed by atoms with Gasteiger partial charge < -0.3 is 4.90 Å². The van der Waals surface area contributed by atoms with Crippen molar-refractivity contribution < 1.29 is 9.18 Å². The summed E-state index contributed by atoms with van der Waals surface area (Å²) < 4.78 is 13.3. The average Bonchev–Trinajstić information content (AvgIpc) is 2.44. The molecule has 3 nitrogen and oxygen atoms in total. The number of benzene rings is 1. The van der Waals surface area contributed by atoms with E-state index in [0.717, 1.165) is 16.8 Å². The molecule has 0 saturated carbocycles. The van der Waals surface area contributed by atoms with Gasteiger partial charge in [-0.25, -0.2) is 9.37 Å². The predicted octanol–water partition coefficient (Wildman–Crippen LogP) is 3.35. The van der Waals surface area contributed by atoms with Gasteiger partial charge in [0.15, 0.2) is 0 Å². The number of hydrogen-bond acceptors (Lipinski definition) is 2. The van der Waals surface area contributed by atoms with Gasteiger partial charge in [-0.05, 0) is 41.8 Å². The molecular weight excluding hydrogens is 279 g/mol. The Morgan fingerprint density at radius 1 is 1.25 bits per heavy atom. The SMILES string of the molecule is O=C1CCc2cc(F)ccc2N1Cc1ccc(Cl)nc1. The van der Waals surface area contributed by atoms with Crippen molar-refractivity contribution in [2.45, 2.75) is 19.4 Å². The molecule has 1 aliphatic rings. The van der Waals surface area contributed by atoms with E-state index in [1.165, 1.54) is 12.1 Å². The lowest BCUT2D eigenvalue weighted by atomic mass is 10.0. The van der Waals surface area contributed by atoms with Crippen molar-refractivity contribution in [2.24, 2.45) is 0 Å². The number of fused-ring (bicyclic) bond motifs is 1. The van der Waals surface area contributed by atoms with Gasteiger partial charge in [0.1, 0.15) is 11.0 Å². The first-order chi connectivity index (χ1) is 9.63. The van der Waals surface area contributed by atoms with E-state index in [1.807, 2.05) is 6.07 Å². The standard InChI is InChI=1S/C15H12ClFN2O/c16-14-5-1-10(8-18-14)9-19-13-4-3-12(17)7-11(13)2-6-15(19)20/h1,3-5,7-8H,2,6,9H2. The Hall–Kier alpha value is -1.94. The number of carbonyl (C=O) groups excluding carboxylic acids is 1. The van der Waals surface area contributed by atoms with Gasteiger partial charge in [-0.1, -0.05) is 17.7 Å². The summed E-state index contributed by atoms with van der Waals surface area (Å²) in [5, 5.41) is 0.418. The first-order valence-electron chi connectivity index (χ1n) is 6.33. The van der Waals surface area contributed by atoms with Gasteiger partial charge in [0, 0.05) is 18.3 Å². The molecule has 3 rings (SSSR count). The monoisotopic (exact) mass is 290 g/mol.